The van der Waals surface area contributed by atoms with Crippen LogP contribution in [0.15, 0.2) is 11.6 Å². The third kappa shape index (κ3) is 3.30. The summed E-state index contributed by atoms with van der Waals surface area (Å²) < 4.78 is 4.74. The molecule has 0 aliphatic heterocycles. The molecule has 0 amide bonds. The first-order valence-corrected chi connectivity index (χ1v) is 5.02. The normalized spacial score (nSPS) is 21.5. The van der Waals surface area contributed by atoms with Crippen LogP contribution >= 0.6 is 15.9 Å². The van der Waals surface area contributed by atoms with E-state index < -0.39 is 0 Å². The first-order chi connectivity index (χ1) is 6.09. The molecule has 13 heavy (non-hydrogen) atoms. The molecule has 0 heterocycles. The van der Waals surface area contributed by atoms with E-state index in [0.29, 0.717) is 19.4 Å². The number of esters is 1. The van der Waals surface area contributed by atoms with Gasteiger partial charge < -0.3 is 4.74 Å². The van der Waals surface area contributed by atoms with Crippen LogP contribution in [0.3, 0.4) is 0 Å². The summed E-state index contributed by atoms with van der Waals surface area (Å²) in [5, 5.41) is 0. The highest BCUT2D eigenvalue weighted by molar-refractivity contribution is 9.09. The topological polar surface area (TPSA) is 43.4 Å². The lowest BCUT2D eigenvalue weighted by atomic mass is 10.1. The molecule has 1 unspecified atom stereocenters. The lowest BCUT2D eigenvalue weighted by Crippen LogP contribution is -2.04. The molecule has 0 aromatic heterocycles. The van der Waals surface area contributed by atoms with Gasteiger partial charge in [0.05, 0.1) is 6.61 Å². The monoisotopic (exact) mass is 246 g/mol. The predicted molar refractivity (Wildman–Crippen MR) is 51.7 cm³/mol. The zero-order chi connectivity index (χ0) is 9.84. The van der Waals surface area contributed by atoms with Crippen molar-refractivity contribution in [2.75, 3.05) is 6.61 Å². The summed E-state index contributed by atoms with van der Waals surface area (Å²) in [6.07, 6.45) is 2.93. The highest BCUT2D eigenvalue weighted by atomic mass is 79.9. The zero-order valence-electron chi connectivity index (χ0n) is 7.38. The van der Waals surface area contributed by atoms with Gasteiger partial charge in [-0.15, -0.1) is 0 Å². The maximum absolute atomic E-state index is 11.2. The number of carbonyl (C=O) groups is 2. The Morgan fingerprint density at radius 3 is 2.92 bits per heavy atom. The Hall–Kier alpha value is -0.640. The first kappa shape index (κ1) is 10.4. The summed E-state index contributed by atoms with van der Waals surface area (Å²) in [5.41, 5.74) is 0.767. The molecule has 1 atom stereocenters. The number of ether oxygens (including phenoxy) is 1. The van der Waals surface area contributed by atoms with Crippen molar-refractivity contribution in [2.24, 2.45) is 0 Å². The van der Waals surface area contributed by atoms with Crippen LogP contribution in [0.25, 0.3) is 0 Å². The van der Waals surface area contributed by atoms with Crippen molar-refractivity contribution in [2.45, 2.75) is 24.6 Å². The van der Waals surface area contributed by atoms with Crippen molar-refractivity contribution < 1.29 is 14.3 Å². The van der Waals surface area contributed by atoms with E-state index >= 15 is 0 Å². The van der Waals surface area contributed by atoms with Gasteiger partial charge in [0.25, 0.3) is 0 Å². The van der Waals surface area contributed by atoms with Gasteiger partial charge in [0.2, 0.25) is 0 Å². The number of halogens is 1. The molecule has 0 aromatic rings. The van der Waals surface area contributed by atoms with Crippen LogP contribution in [0.5, 0.6) is 0 Å². The van der Waals surface area contributed by atoms with E-state index in [1.807, 2.05) is 6.08 Å². The fourth-order valence-electron chi connectivity index (χ4n) is 1.21. The molecule has 3 nitrogen and oxygen atoms in total. The molecule has 0 aromatic carbocycles. The first-order valence-electron chi connectivity index (χ1n) is 4.11. The van der Waals surface area contributed by atoms with Gasteiger partial charge in [-0.2, -0.15) is 0 Å². The molecule has 72 valence electrons. The number of rotatable bonds is 3. The third-order valence-corrected chi connectivity index (χ3v) is 2.39. The molecule has 1 aliphatic carbocycles. The molecular weight excluding hydrogens is 236 g/mol. The molecule has 4 heteroatoms. The van der Waals surface area contributed by atoms with E-state index in [0.717, 1.165) is 5.57 Å². The summed E-state index contributed by atoms with van der Waals surface area (Å²) in [5.74, 6) is -0.157. The van der Waals surface area contributed by atoms with Gasteiger partial charge in [0.1, 0.15) is 0 Å². The van der Waals surface area contributed by atoms with Gasteiger partial charge >= 0.3 is 5.97 Å². The Balaban J connectivity index is 2.33. The van der Waals surface area contributed by atoms with Crippen molar-refractivity contribution >= 4 is 27.7 Å². The van der Waals surface area contributed by atoms with Crippen LogP contribution in [0.1, 0.15) is 19.8 Å². The number of allylic oxidation sites excluding steroid dienone is 1. The average molecular weight is 247 g/mol. The third-order valence-electron chi connectivity index (χ3n) is 1.80. The predicted octanol–water partition coefficient (Wildman–Crippen LogP) is 1.60. The largest absolute Gasteiger partial charge is 0.466 e. The molecule has 0 saturated heterocycles. The van der Waals surface area contributed by atoms with Crippen molar-refractivity contribution in [3.05, 3.63) is 11.6 Å². The number of hydrogen-bond acceptors (Lipinski definition) is 3. The summed E-state index contributed by atoms with van der Waals surface area (Å²) >= 11 is 3.33. The zero-order valence-corrected chi connectivity index (χ0v) is 8.96. The summed E-state index contributed by atoms with van der Waals surface area (Å²) in [6, 6.07) is 0. The Labute approximate surface area is 85.3 Å². The standard InChI is InChI=1S/C9H11BrO3/c1-6(11)13-3-2-7-4-8(10)5-9(7)12/h4,8H,2-3,5H2,1H3. The van der Waals surface area contributed by atoms with Gasteiger partial charge in [-0.25, -0.2) is 0 Å². The molecule has 0 bridgehead atoms. The fourth-order valence-corrected chi connectivity index (χ4v) is 1.82. The Morgan fingerprint density at radius 2 is 2.46 bits per heavy atom. The molecule has 0 fully saturated rings. The second-order valence-electron chi connectivity index (χ2n) is 2.93. The van der Waals surface area contributed by atoms with Crippen LogP contribution < -0.4 is 0 Å². The minimum Gasteiger partial charge on any atom is -0.466 e. The number of ketones is 1. The second kappa shape index (κ2) is 4.56. The lowest BCUT2D eigenvalue weighted by Gasteiger charge is -2.00. The van der Waals surface area contributed by atoms with E-state index in [1.54, 1.807) is 0 Å². The minimum atomic E-state index is -0.304. The minimum absolute atomic E-state index is 0.147. The number of Topliss-reactive ketones (excluding diaryl/α,β-unsaturated/α-hetero) is 1. The summed E-state index contributed by atoms with van der Waals surface area (Å²) in [7, 11) is 0. The molecule has 0 saturated carbocycles. The van der Waals surface area contributed by atoms with Crippen LogP contribution in [0.2, 0.25) is 0 Å². The molecular formula is C9H11BrO3. The number of carbonyl (C=O) groups excluding carboxylic acids is 2. The Kier molecular flexibility index (Phi) is 3.66. The average Bonchev–Trinajstić information content (AvgIpc) is 2.29. The van der Waals surface area contributed by atoms with E-state index in [-0.39, 0.29) is 16.6 Å². The van der Waals surface area contributed by atoms with Gasteiger partial charge in [-0.05, 0) is 5.57 Å². The number of hydrogen-bond donors (Lipinski definition) is 0. The summed E-state index contributed by atoms with van der Waals surface area (Å²) in [4.78, 5) is 21.8. The van der Waals surface area contributed by atoms with Crippen LogP contribution in [0.4, 0.5) is 0 Å². The Bertz CT molecular complexity index is 258. The maximum atomic E-state index is 11.2. The van der Waals surface area contributed by atoms with Gasteiger partial charge in [0.15, 0.2) is 5.78 Å². The molecule has 1 rings (SSSR count). The quantitative estimate of drug-likeness (QED) is 0.562. The van der Waals surface area contributed by atoms with Crippen LogP contribution in [-0.2, 0) is 14.3 Å². The molecule has 0 radical (unpaired) electrons. The molecule has 1 aliphatic rings. The number of alkyl halides is 1. The van der Waals surface area contributed by atoms with Crippen molar-refractivity contribution in [1.29, 1.82) is 0 Å². The molecule has 0 spiro atoms. The fraction of sp³-hybridized carbons (Fsp3) is 0.556. The Morgan fingerprint density at radius 1 is 1.77 bits per heavy atom. The molecule has 0 N–H and O–H groups in total. The van der Waals surface area contributed by atoms with Crippen LogP contribution in [-0.4, -0.2) is 23.2 Å². The van der Waals surface area contributed by atoms with Crippen molar-refractivity contribution in [3.8, 4) is 0 Å². The maximum Gasteiger partial charge on any atom is 0.302 e. The van der Waals surface area contributed by atoms with Gasteiger partial charge in [0, 0.05) is 24.6 Å². The summed E-state index contributed by atoms with van der Waals surface area (Å²) in [6.45, 7) is 1.66. The van der Waals surface area contributed by atoms with Crippen molar-refractivity contribution in [3.63, 3.8) is 0 Å². The second-order valence-corrected chi connectivity index (χ2v) is 4.10. The highest BCUT2D eigenvalue weighted by Crippen LogP contribution is 2.23. The van der Waals surface area contributed by atoms with Crippen molar-refractivity contribution in [1.82, 2.24) is 0 Å². The van der Waals surface area contributed by atoms with E-state index in [9.17, 15) is 9.59 Å². The SMILES string of the molecule is CC(=O)OCCC1=CC(Br)CC1=O. The smallest absolute Gasteiger partial charge is 0.302 e. The van der Waals surface area contributed by atoms with Crippen LogP contribution in [0, 0.1) is 0 Å². The lowest BCUT2D eigenvalue weighted by molar-refractivity contribution is -0.141. The van der Waals surface area contributed by atoms with E-state index in [2.05, 4.69) is 15.9 Å². The van der Waals surface area contributed by atoms with Gasteiger partial charge in [-0.1, -0.05) is 22.0 Å². The highest BCUT2D eigenvalue weighted by Gasteiger charge is 2.21. The van der Waals surface area contributed by atoms with Gasteiger partial charge in [-0.3, -0.25) is 9.59 Å². The van der Waals surface area contributed by atoms with E-state index in [1.165, 1.54) is 6.92 Å². The van der Waals surface area contributed by atoms with E-state index in [4.69, 9.17) is 4.74 Å².